The van der Waals surface area contributed by atoms with Gasteiger partial charge in [-0.25, -0.2) is 22.0 Å². The molecule has 0 aliphatic carbocycles. The van der Waals surface area contributed by atoms with Crippen molar-refractivity contribution >= 4 is 26.0 Å². The van der Waals surface area contributed by atoms with Crippen molar-refractivity contribution in [3.05, 3.63) is 59.7 Å². The van der Waals surface area contributed by atoms with Crippen LogP contribution in [-0.4, -0.2) is 71.7 Å². The first-order chi connectivity index (χ1) is 14.6. The molecule has 9 nitrogen and oxygen atoms in total. The molecule has 1 heterocycles. The van der Waals surface area contributed by atoms with Crippen LogP contribution < -0.4 is 10.5 Å². The van der Waals surface area contributed by atoms with E-state index >= 15 is 0 Å². The van der Waals surface area contributed by atoms with Crippen LogP contribution in [0.4, 0.5) is 0 Å². The number of amides is 1. The predicted octanol–water partition coefficient (Wildman–Crippen LogP) is 0.243. The minimum Gasteiger partial charge on any atom is -0.352 e. The number of rotatable bonds is 7. The smallest absolute Gasteiger partial charge is 0.251 e. The molecule has 1 fully saturated rings. The van der Waals surface area contributed by atoms with Crippen LogP contribution in [-0.2, 0) is 26.5 Å². The number of carbonyl (C=O) groups is 1. The Morgan fingerprint density at radius 2 is 1.61 bits per heavy atom. The molecular weight excluding hydrogens is 440 g/mol. The van der Waals surface area contributed by atoms with Gasteiger partial charge in [-0.2, -0.15) is 4.31 Å². The van der Waals surface area contributed by atoms with Gasteiger partial charge in [-0.05, 0) is 49.4 Å². The minimum absolute atomic E-state index is 0.0265. The second-order valence-electron chi connectivity index (χ2n) is 7.43. The van der Waals surface area contributed by atoms with Crippen LogP contribution in [0.15, 0.2) is 58.3 Å². The first-order valence-electron chi connectivity index (χ1n) is 9.76. The molecule has 0 unspecified atom stereocenters. The zero-order chi connectivity index (χ0) is 22.6. The summed E-state index contributed by atoms with van der Waals surface area (Å²) in [6.45, 7) is 2.47. The summed E-state index contributed by atoms with van der Waals surface area (Å²) < 4.78 is 49.8. The largest absolute Gasteiger partial charge is 0.352 e. The number of primary sulfonamides is 1. The second-order valence-corrected chi connectivity index (χ2v) is 10.9. The van der Waals surface area contributed by atoms with Gasteiger partial charge in [-0.15, -0.1) is 0 Å². The van der Waals surface area contributed by atoms with Crippen LogP contribution in [0.3, 0.4) is 0 Å². The molecule has 0 bridgehead atoms. The topological polar surface area (TPSA) is 130 Å². The van der Waals surface area contributed by atoms with Gasteiger partial charge < -0.3 is 10.2 Å². The summed E-state index contributed by atoms with van der Waals surface area (Å²) >= 11 is 0. The lowest BCUT2D eigenvalue weighted by Gasteiger charge is -2.31. The van der Waals surface area contributed by atoms with Gasteiger partial charge in [-0.1, -0.05) is 18.2 Å². The van der Waals surface area contributed by atoms with Gasteiger partial charge in [0.05, 0.1) is 9.79 Å². The zero-order valence-corrected chi connectivity index (χ0v) is 18.8. The van der Waals surface area contributed by atoms with Gasteiger partial charge in [0.1, 0.15) is 0 Å². The van der Waals surface area contributed by atoms with E-state index in [0.717, 1.165) is 5.56 Å². The summed E-state index contributed by atoms with van der Waals surface area (Å²) in [6.07, 6.45) is 0.482. The second kappa shape index (κ2) is 9.45. The maximum atomic E-state index is 12.9. The summed E-state index contributed by atoms with van der Waals surface area (Å²) in [4.78, 5) is 14.7. The van der Waals surface area contributed by atoms with Crippen molar-refractivity contribution in [3.8, 4) is 0 Å². The average molecular weight is 467 g/mol. The molecule has 1 saturated heterocycles. The third kappa shape index (κ3) is 5.89. The van der Waals surface area contributed by atoms with Crippen LogP contribution >= 0.6 is 0 Å². The number of sulfonamides is 2. The van der Waals surface area contributed by atoms with Gasteiger partial charge in [-0.3, -0.25) is 4.79 Å². The van der Waals surface area contributed by atoms with E-state index < -0.39 is 20.0 Å². The molecule has 1 amide bonds. The molecule has 31 heavy (non-hydrogen) atoms. The third-order valence-electron chi connectivity index (χ3n) is 5.15. The fraction of sp³-hybridized carbons (Fsp3) is 0.350. The molecule has 0 aromatic heterocycles. The lowest BCUT2D eigenvalue weighted by atomic mass is 10.1. The third-order valence-corrected chi connectivity index (χ3v) is 7.97. The molecule has 3 N–H and O–H groups in total. The number of piperazine rings is 1. The van der Waals surface area contributed by atoms with Crippen molar-refractivity contribution in [1.82, 2.24) is 14.5 Å². The summed E-state index contributed by atoms with van der Waals surface area (Å²) in [5.74, 6) is -0.378. The first-order valence-corrected chi connectivity index (χ1v) is 12.7. The molecule has 1 aliphatic heterocycles. The summed E-state index contributed by atoms with van der Waals surface area (Å²) in [7, 11) is -5.45. The highest BCUT2D eigenvalue weighted by atomic mass is 32.2. The molecular formula is C20H26N4O5S2. The van der Waals surface area contributed by atoms with Crippen LogP contribution in [0.5, 0.6) is 0 Å². The maximum Gasteiger partial charge on any atom is 0.251 e. The fourth-order valence-electron chi connectivity index (χ4n) is 3.24. The van der Waals surface area contributed by atoms with Crippen molar-refractivity contribution in [2.75, 3.05) is 39.8 Å². The number of nitrogens with one attached hydrogen (secondary N) is 1. The lowest BCUT2D eigenvalue weighted by Crippen LogP contribution is -2.47. The van der Waals surface area contributed by atoms with E-state index in [0.29, 0.717) is 39.1 Å². The number of likely N-dealkylation sites (N-methyl/N-ethyl adjacent to an activating group) is 1. The molecule has 0 radical (unpaired) electrons. The molecule has 3 rings (SSSR count). The Morgan fingerprint density at radius 1 is 0.968 bits per heavy atom. The number of nitrogens with two attached hydrogens (primary N) is 1. The molecule has 2 aromatic carbocycles. The van der Waals surface area contributed by atoms with E-state index in [-0.39, 0.29) is 21.3 Å². The Hall–Kier alpha value is -2.31. The summed E-state index contributed by atoms with van der Waals surface area (Å²) in [5.41, 5.74) is 1.10. The highest BCUT2D eigenvalue weighted by Crippen LogP contribution is 2.18. The number of carbonyl (C=O) groups excluding carboxylic acids is 1. The Bertz CT molecular complexity index is 1140. The van der Waals surface area contributed by atoms with Crippen molar-refractivity contribution in [2.45, 2.75) is 16.2 Å². The van der Waals surface area contributed by atoms with Crippen molar-refractivity contribution in [1.29, 1.82) is 0 Å². The molecule has 0 saturated carbocycles. The van der Waals surface area contributed by atoms with E-state index in [2.05, 4.69) is 10.2 Å². The standard InChI is InChI=1S/C20H26N4O5S2/c1-23-11-13-24(14-12-23)31(28,29)19-4-2-3-17(15-19)20(25)22-10-9-16-5-7-18(8-6-16)30(21,26)27/h2-8,15H,9-14H2,1H3,(H,22,25)(H2,21,26,27). The van der Waals surface area contributed by atoms with E-state index in [9.17, 15) is 21.6 Å². The molecule has 11 heteroatoms. The number of hydrogen-bond acceptors (Lipinski definition) is 6. The van der Waals surface area contributed by atoms with E-state index in [4.69, 9.17) is 5.14 Å². The molecule has 0 atom stereocenters. The maximum absolute atomic E-state index is 12.9. The fourth-order valence-corrected chi connectivity index (χ4v) is 5.23. The average Bonchev–Trinajstić information content (AvgIpc) is 2.74. The number of hydrogen-bond donors (Lipinski definition) is 2. The predicted molar refractivity (Wildman–Crippen MR) is 117 cm³/mol. The zero-order valence-electron chi connectivity index (χ0n) is 17.2. The quantitative estimate of drug-likeness (QED) is 0.601. The van der Waals surface area contributed by atoms with Gasteiger partial charge in [0.25, 0.3) is 5.91 Å². The SMILES string of the molecule is CN1CCN(S(=O)(=O)c2cccc(C(=O)NCCc3ccc(S(N)(=O)=O)cc3)c2)CC1. The lowest BCUT2D eigenvalue weighted by molar-refractivity contribution is 0.0954. The van der Waals surface area contributed by atoms with Gasteiger partial charge in [0.2, 0.25) is 20.0 Å². The highest BCUT2D eigenvalue weighted by molar-refractivity contribution is 7.89. The van der Waals surface area contributed by atoms with Gasteiger partial charge >= 0.3 is 0 Å². The van der Waals surface area contributed by atoms with E-state index in [1.54, 1.807) is 24.3 Å². The van der Waals surface area contributed by atoms with Crippen LogP contribution in [0.2, 0.25) is 0 Å². The van der Waals surface area contributed by atoms with Gasteiger partial charge in [0, 0.05) is 38.3 Å². The highest BCUT2D eigenvalue weighted by Gasteiger charge is 2.27. The molecule has 1 aliphatic rings. The number of benzene rings is 2. The summed E-state index contributed by atoms with van der Waals surface area (Å²) in [5, 5.41) is 7.83. The Morgan fingerprint density at radius 3 is 2.23 bits per heavy atom. The van der Waals surface area contributed by atoms with Crippen LogP contribution in [0.1, 0.15) is 15.9 Å². The van der Waals surface area contributed by atoms with Crippen molar-refractivity contribution in [2.24, 2.45) is 5.14 Å². The Kier molecular flexibility index (Phi) is 7.12. The van der Waals surface area contributed by atoms with E-state index in [1.807, 2.05) is 7.05 Å². The summed E-state index contributed by atoms with van der Waals surface area (Å²) in [6, 6.07) is 12.1. The van der Waals surface area contributed by atoms with Crippen LogP contribution in [0.25, 0.3) is 0 Å². The molecule has 168 valence electrons. The van der Waals surface area contributed by atoms with Crippen molar-refractivity contribution < 1.29 is 21.6 Å². The Labute approximate surface area is 182 Å². The normalized spacial score (nSPS) is 16.2. The van der Waals surface area contributed by atoms with Crippen molar-refractivity contribution in [3.63, 3.8) is 0 Å². The molecule has 0 spiro atoms. The van der Waals surface area contributed by atoms with Gasteiger partial charge in [0.15, 0.2) is 0 Å². The van der Waals surface area contributed by atoms with E-state index in [1.165, 1.54) is 28.6 Å². The minimum atomic E-state index is -3.74. The first kappa shape index (κ1) is 23.4. The Balaban J connectivity index is 1.61. The van der Waals surface area contributed by atoms with Crippen LogP contribution in [0, 0.1) is 0 Å². The monoisotopic (exact) mass is 466 g/mol. The number of nitrogens with zero attached hydrogens (tertiary/aromatic N) is 2. The molecule has 2 aromatic rings.